The van der Waals surface area contributed by atoms with Gasteiger partial charge < -0.3 is 14.8 Å². The molecule has 1 fully saturated rings. The van der Waals surface area contributed by atoms with Crippen LogP contribution in [0.25, 0.3) is 11.1 Å². The first-order chi connectivity index (χ1) is 13.0. The Labute approximate surface area is 159 Å². The number of carbonyl (C=O) groups is 3. The zero-order valence-electron chi connectivity index (χ0n) is 14.6. The zero-order valence-corrected chi connectivity index (χ0v) is 15.4. The molecule has 0 atom stereocenters. The molecule has 0 unspecified atom stereocenters. The number of benzene rings is 1. The molecule has 1 aromatic heterocycles. The summed E-state index contributed by atoms with van der Waals surface area (Å²) < 4.78 is 23.2. The molecule has 1 amide bonds. The van der Waals surface area contributed by atoms with Crippen LogP contribution in [0.5, 0.6) is 0 Å². The summed E-state index contributed by atoms with van der Waals surface area (Å²) in [6, 6.07) is 5.67. The molecule has 2 aromatic rings. The van der Waals surface area contributed by atoms with E-state index < -0.39 is 24.3 Å². The number of anilines is 1. The number of esters is 2. The Hall–Kier alpha value is -2.74. The maximum absolute atomic E-state index is 13.2. The van der Waals surface area contributed by atoms with E-state index in [0.29, 0.717) is 16.1 Å². The lowest BCUT2D eigenvalue weighted by Gasteiger charge is -2.09. The van der Waals surface area contributed by atoms with Gasteiger partial charge in [-0.1, -0.05) is 12.1 Å². The van der Waals surface area contributed by atoms with Crippen molar-refractivity contribution in [3.8, 4) is 11.1 Å². The number of carbonyl (C=O) groups excluding carboxylic acids is 3. The van der Waals surface area contributed by atoms with Crippen molar-refractivity contribution in [3.63, 3.8) is 0 Å². The molecule has 0 saturated heterocycles. The fourth-order valence-corrected chi connectivity index (χ4v) is 3.41. The average Bonchev–Trinajstić information content (AvgIpc) is 3.42. The number of halogens is 1. The van der Waals surface area contributed by atoms with Gasteiger partial charge in [0.1, 0.15) is 16.4 Å². The number of nitrogens with one attached hydrogen (secondary N) is 1. The maximum Gasteiger partial charge on any atom is 0.341 e. The van der Waals surface area contributed by atoms with Gasteiger partial charge in [0.2, 0.25) is 0 Å². The molecule has 1 aromatic carbocycles. The second kappa shape index (κ2) is 8.30. The SMILES string of the molecule is CCOC(=O)c1c(-c2ccc(F)cc2)csc1NC(=O)COC(=O)C1CC1. The van der Waals surface area contributed by atoms with E-state index in [1.807, 2.05) is 0 Å². The van der Waals surface area contributed by atoms with Crippen LogP contribution in [0.1, 0.15) is 30.1 Å². The van der Waals surface area contributed by atoms with Crippen molar-refractivity contribution in [2.45, 2.75) is 19.8 Å². The molecule has 1 aliphatic rings. The van der Waals surface area contributed by atoms with Crippen LogP contribution < -0.4 is 5.32 Å². The lowest BCUT2D eigenvalue weighted by Crippen LogP contribution is -2.22. The van der Waals surface area contributed by atoms with Gasteiger partial charge in [0.05, 0.1) is 12.5 Å². The maximum atomic E-state index is 13.2. The van der Waals surface area contributed by atoms with Crippen LogP contribution in [0.4, 0.5) is 9.39 Å². The van der Waals surface area contributed by atoms with Crippen LogP contribution in [-0.2, 0) is 19.1 Å². The minimum Gasteiger partial charge on any atom is -0.462 e. The van der Waals surface area contributed by atoms with Crippen molar-refractivity contribution in [3.05, 3.63) is 41.0 Å². The van der Waals surface area contributed by atoms with Crippen molar-refractivity contribution in [1.29, 1.82) is 0 Å². The van der Waals surface area contributed by atoms with Crippen LogP contribution >= 0.6 is 11.3 Å². The summed E-state index contributed by atoms with van der Waals surface area (Å²) >= 11 is 1.14. The molecule has 1 heterocycles. The van der Waals surface area contributed by atoms with E-state index in [-0.39, 0.29) is 24.1 Å². The lowest BCUT2D eigenvalue weighted by atomic mass is 10.0. The molecular weight excluding hydrogens is 373 g/mol. The van der Waals surface area contributed by atoms with Crippen molar-refractivity contribution in [2.75, 3.05) is 18.5 Å². The van der Waals surface area contributed by atoms with E-state index in [4.69, 9.17) is 9.47 Å². The Morgan fingerprint density at radius 2 is 1.89 bits per heavy atom. The molecule has 6 nitrogen and oxygen atoms in total. The van der Waals surface area contributed by atoms with Gasteiger partial charge in [-0.2, -0.15) is 0 Å². The van der Waals surface area contributed by atoms with Crippen LogP contribution in [-0.4, -0.2) is 31.1 Å². The highest BCUT2D eigenvalue weighted by Gasteiger charge is 2.31. The predicted octanol–water partition coefficient (Wildman–Crippen LogP) is 3.62. The molecule has 0 aliphatic heterocycles. The fraction of sp³-hybridized carbons (Fsp3) is 0.316. The standard InChI is InChI=1S/C19H18FNO5S/c1-2-25-19(24)16-14(11-5-7-13(20)8-6-11)10-27-17(16)21-15(22)9-26-18(23)12-3-4-12/h5-8,10,12H,2-4,9H2,1H3,(H,21,22). The van der Waals surface area contributed by atoms with Gasteiger partial charge in [-0.3, -0.25) is 9.59 Å². The van der Waals surface area contributed by atoms with Gasteiger partial charge >= 0.3 is 11.9 Å². The summed E-state index contributed by atoms with van der Waals surface area (Å²) in [6.07, 6.45) is 1.58. The van der Waals surface area contributed by atoms with Gasteiger partial charge in [-0.25, -0.2) is 9.18 Å². The van der Waals surface area contributed by atoms with Gasteiger partial charge in [0.25, 0.3) is 5.91 Å². The van der Waals surface area contributed by atoms with Crippen LogP contribution in [0.15, 0.2) is 29.6 Å². The number of rotatable bonds is 7. The van der Waals surface area contributed by atoms with Crippen molar-refractivity contribution < 1.29 is 28.2 Å². The zero-order chi connectivity index (χ0) is 19.4. The normalized spacial score (nSPS) is 13.1. The number of amides is 1. The summed E-state index contributed by atoms with van der Waals surface area (Å²) in [5.41, 5.74) is 1.34. The predicted molar refractivity (Wildman–Crippen MR) is 98.0 cm³/mol. The van der Waals surface area contributed by atoms with Crippen LogP contribution in [0, 0.1) is 11.7 Å². The molecule has 0 spiro atoms. The van der Waals surface area contributed by atoms with Gasteiger partial charge in [-0.05, 0) is 37.5 Å². The highest BCUT2D eigenvalue weighted by molar-refractivity contribution is 7.15. The number of ether oxygens (including phenoxy) is 2. The topological polar surface area (TPSA) is 81.7 Å². The largest absolute Gasteiger partial charge is 0.462 e. The first-order valence-electron chi connectivity index (χ1n) is 8.50. The Morgan fingerprint density at radius 3 is 2.52 bits per heavy atom. The Morgan fingerprint density at radius 1 is 1.19 bits per heavy atom. The summed E-state index contributed by atoms with van der Waals surface area (Å²) in [6.45, 7) is 1.43. The summed E-state index contributed by atoms with van der Waals surface area (Å²) in [7, 11) is 0. The minimum absolute atomic E-state index is 0.0975. The lowest BCUT2D eigenvalue weighted by molar-refractivity contribution is -0.148. The molecule has 142 valence electrons. The molecule has 1 saturated carbocycles. The molecule has 0 bridgehead atoms. The van der Waals surface area contributed by atoms with Crippen molar-refractivity contribution in [2.24, 2.45) is 5.92 Å². The van der Waals surface area contributed by atoms with E-state index in [1.165, 1.54) is 12.1 Å². The third kappa shape index (κ3) is 4.71. The molecule has 0 radical (unpaired) electrons. The van der Waals surface area contributed by atoms with E-state index in [0.717, 1.165) is 24.2 Å². The first kappa shape index (κ1) is 19.0. The third-order valence-electron chi connectivity index (χ3n) is 3.93. The van der Waals surface area contributed by atoms with Crippen molar-refractivity contribution in [1.82, 2.24) is 0 Å². The Bertz CT molecular complexity index is 857. The van der Waals surface area contributed by atoms with Gasteiger partial charge in [-0.15, -0.1) is 11.3 Å². The molecule has 8 heteroatoms. The quantitative estimate of drug-likeness (QED) is 0.729. The van der Waals surface area contributed by atoms with Gasteiger partial charge in [0.15, 0.2) is 6.61 Å². The number of hydrogen-bond acceptors (Lipinski definition) is 6. The number of hydrogen-bond donors (Lipinski definition) is 1. The van der Waals surface area contributed by atoms with E-state index in [9.17, 15) is 18.8 Å². The second-order valence-electron chi connectivity index (χ2n) is 6.01. The number of thiophene rings is 1. The fourth-order valence-electron chi connectivity index (χ4n) is 2.43. The highest BCUT2D eigenvalue weighted by atomic mass is 32.1. The molecule has 1 aliphatic carbocycles. The van der Waals surface area contributed by atoms with Crippen LogP contribution in [0.3, 0.4) is 0 Å². The second-order valence-corrected chi connectivity index (χ2v) is 6.89. The smallest absolute Gasteiger partial charge is 0.341 e. The monoisotopic (exact) mass is 391 g/mol. The Kier molecular flexibility index (Phi) is 5.85. The van der Waals surface area contributed by atoms with Crippen molar-refractivity contribution >= 4 is 34.2 Å². The average molecular weight is 391 g/mol. The van der Waals surface area contributed by atoms with Crippen LogP contribution in [0.2, 0.25) is 0 Å². The minimum atomic E-state index is -0.594. The van der Waals surface area contributed by atoms with E-state index >= 15 is 0 Å². The summed E-state index contributed by atoms with van der Waals surface area (Å²) in [5.74, 6) is -2.00. The summed E-state index contributed by atoms with van der Waals surface area (Å²) in [5, 5.41) is 4.57. The highest BCUT2D eigenvalue weighted by Crippen LogP contribution is 2.36. The third-order valence-corrected chi connectivity index (χ3v) is 4.83. The molecule has 1 N–H and O–H groups in total. The summed E-state index contributed by atoms with van der Waals surface area (Å²) in [4.78, 5) is 36.0. The van der Waals surface area contributed by atoms with E-state index in [1.54, 1.807) is 24.4 Å². The van der Waals surface area contributed by atoms with Gasteiger partial charge in [0, 0.05) is 10.9 Å². The Balaban J connectivity index is 1.79. The van der Waals surface area contributed by atoms with E-state index in [2.05, 4.69) is 5.32 Å². The first-order valence-corrected chi connectivity index (χ1v) is 9.38. The molecular formula is C19H18FNO5S. The molecule has 3 rings (SSSR count). The molecule has 27 heavy (non-hydrogen) atoms.